The number of benzene rings is 2. The molecule has 3 aromatic rings. The van der Waals surface area contributed by atoms with Crippen LogP contribution in [0.15, 0.2) is 46.2 Å². The highest BCUT2D eigenvalue weighted by Gasteiger charge is 2.19. The quantitative estimate of drug-likeness (QED) is 0.618. The fourth-order valence-corrected chi connectivity index (χ4v) is 4.13. The number of rotatable bonds is 5. The van der Waals surface area contributed by atoms with Gasteiger partial charge in [-0.2, -0.15) is 0 Å². The number of hydrogen-bond donors (Lipinski definition) is 2. The van der Waals surface area contributed by atoms with Crippen molar-refractivity contribution >= 4 is 46.5 Å². The van der Waals surface area contributed by atoms with Gasteiger partial charge in [-0.3, -0.25) is 19.1 Å². The van der Waals surface area contributed by atoms with Crippen LogP contribution in [-0.4, -0.2) is 21.8 Å². The molecule has 2 heterocycles. The summed E-state index contributed by atoms with van der Waals surface area (Å²) in [6.07, 6.45) is 4.14. The first-order chi connectivity index (χ1) is 14.9. The molecule has 158 valence electrons. The highest BCUT2D eigenvalue weighted by Crippen LogP contribution is 2.37. The number of thiazole rings is 1. The van der Waals surface area contributed by atoms with Gasteiger partial charge < -0.3 is 10.4 Å². The predicted octanol–water partition coefficient (Wildman–Crippen LogP) is 4.35. The first-order valence-electron chi connectivity index (χ1n) is 9.43. The van der Waals surface area contributed by atoms with Crippen molar-refractivity contribution in [2.45, 2.75) is 19.9 Å². The van der Waals surface area contributed by atoms with Crippen LogP contribution in [0.2, 0.25) is 0 Å². The monoisotopic (exact) mass is 441 g/mol. The van der Waals surface area contributed by atoms with Crippen molar-refractivity contribution in [2.24, 2.45) is 4.99 Å². The van der Waals surface area contributed by atoms with E-state index in [-0.39, 0.29) is 16.4 Å². The van der Waals surface area contributed by atoms with E-state index >= 15 is 0 Å². The Morgan fingerprint density at radius 1 is 1.29 bits per heavy atom. The van der Waals surface area contributed by atoms with E-state index in [2.05, 4.69) is 10.3 Å². The van der Waals surface area contributed by atoms with E-state index in [9.17, 15) is 23.5 Å². The summed E-state index contributed by atoms with van der Waals surface area (Å²) in [5.41, 5.74) is 3.38. The van der Waals surface area contributed by atoms with Crippen LogP contribution in [0.3, 0.4) is 0 Å². The molecule has 0 bridgehead atoms. The molecule has 0 unspecified atom stereocenters. The number of fused-ring (bicyclic) bond motifs is 1. The fourth-order valence-electron chi connectivity index (χ4n) is 3.29. The molecule has 1 aromatic heterocycles. The Bertz CT molecular complexity index is 1310. The van der Waals surface area contributed by atoms with Gasteiger partial charge in [-0.05, 0) is 30.2 Å². The second kappa shape index (κ2) is 8.27. The molecule has 0 atom stereocenters. The minimum absolute atomic E-state index is 0.220. The molecule has 0 fully saturated rings. The van der Waals surface area contributed by atoms with Crippen LogP contribution < -0.4 is 10.2 Å². The van der Waals surface area contributed by atoms with Crippen molar-refractivity contribution < 1.29 is 18.7 Å². The Balaban J connectivity index is 1.58. The summed E-state index contributed by atoms with van der Waals surface area (Å²) in [7, 11) is 0. The van der Waals surface area contributed by atoms with Gasteiger partial charge in [0.2, 0.25) is 11.8 Å². The number of carbonyl (C=O) groups excluding carboxylic acids is 1. The second-order valence-electron chi connectivity index (χ2n) is 6.84. The summed E-state index contributed by atoms with van der Waals surface area (Å²) in [6, 6.07) is 8.55. The highest BCUT2D eigenvalue weighted by molar-refractivity contribution is 7.10. The summed E-state index contributed by atoms with van der Waals surface area (Å²) < 4.78 is 27.6. The molecule has 31 heavy (non-hydrogen) atoms. The molecular formula is C22H17F2N3O3S. The van der Waals surface area contributed by atoms with Crippen LogP contribution in [0.5, 0.6) is 5.88 Å². The lowest BCUT2D eigenvalue weighted by atomic mass is 10.0. The van der Waals surface area contributed by atoms with E-state index in [1.165, 1.54) is 0 Å². The van der Waals surface area contributed by atoms with Crippen molar-refractivity contribution in [3.63, 3.8) is 0 Å². The zero-order valence-corrected chi connectivity index (χ0v) is 17.2. The van der Waals surface area contributed by atoms with Crippen LogP contribution in [0.4, 0.5) is 20.2 Å². The van der Waals surface area contributed by atoms with Gasteiger partial charge in [0.1, 0.15) is 18.2 Å². The number of hydrogen-bond acceptors (Lipinski definition) is 5. The molecule has 0 spiro atoms. The Hall–Kier alpha value is -3.59. The second-order valence-corrected chi connectivity index (χ2v) is 7.83. The molecule has 0 aliphatic carbocycles. The van der Waals surface area contributed by atoms with Crippen molar-refractivity contribution in [3.8, 4) is 5.88 Å². The molecule has 1 aliphatic rings. The van der Waals surface area contributed by atoms with Gasteiger partial charge in [0.05, 0.1) is 16.3 Å². The summed E-state index contributed by atoms with van der Waals surface area (Å²) in [4.78, 5) is 28.7. The fraction of sp³-hybridized carbons (Fsp3) is 0.136. The minimum Gasteiger partial charge on any atom is -0.493 e. The van der Waals surface area contributed by atoms with Crippen molar-refractivity contribution in [1.29, 1.82) is 0 Å². The van der Waals surface area contributed by atoms with Gasteiger partial charge in [-0.25, -0.2) is 8.78 Å². The topological polar surface area (TPSA) is 83.7 Å². The van der Waals surface area contributed by atoms with Gasteiger partial charge in [0.25, 0.3) is 0 Å². The number of amides is 1. The van der Waals surface area contributed by atoms with E-state index in [4.69, 9.17) is 0 Å². The number of aryl methyl sites for hydroxylation is 1. The SMILES string of the molecule is CCc1cccc2c1N=CC2=Cc1sc(=O)n(CC(=O)Nc2ccc(F)cc2F)c1O. The average Bonchev–Trinajstić information content (AvgIpc) is 3.26. The number of allylic oxidation sites excluding steroid dienone is 1. The number of para-hydroxylation sites is 1. The van der Waals surface area contributed by atoms with Gasteiger partial charge in [-0.15, -0.1) is 0 Å². The largest absolute Gasteiger partial charge is 0.493 e. The minimum atomic E-state index is -0.939. The third kappa shape index (κ3) is 4.04. The maximum absolute atomic E-state index is 13.7. The molecule has 1 aliphatic heterocycles. The van der Waals surface area contributed by atoms with E-state index in [1.807, 2.05) is 25.1 Å². The smallest absolute Gasteiger partial charge is 0.311 e. The standard InChI is InChI=1S/C22H17F2N3O3S/c1-2-12-4-3-5-15-13(10-25-20(12)15)8-18-21(29)27(22(30)31-18)11-19(28)26-17-7-6-14(23)9-16(17)24/h3-10,29H,2,11H2,1H3,(H,26,28). The zero-order valence-electron chi connectivity index (χ0n) is 16.4. The predicted molar refractivity (Wildman–Crippen MR) is 117 cm³/mol. The van der Waals surface area contributed by atoms with E-state index in [0.29, 0.717) is 6.07 Å². The van der Waals surface area contributed by atoms with E-state index < -0.39 is 29.0 Å². The van der Waals surface area contributed by atoms with Crippen molar-refractivity contribution in [1.82, 2.24) is 4.57 Å². The Labute approximate surface area is 179 Å². The number of nitrogens with one attached hydrogen (secondary N) is 1. The molecule has 0 saturated carbocycles. The maximum Gasteiger partial charge on any atom is 0.311 e. The molecule has 2 N–H and O–H groups in total. The van der Waals surface area contributed by atoms with E-state index in [0.717, 1.165) is 56.8 Å². The number of aliphatic imine (C=N–C) groups is 1. The lowest BCUT2D eigenvalue weighted by Crippen LogP contribution is -2.24. The number of carbonyl (C=O) groups is 1. The normalized spacial score (nSPS) is 13.6. The van der Waals surface area contributed by atoms with Crippen LogP contribution in [-0.2, 0) is 17.8 Å². The Morgan fingerprint density at radius 3 is 2.84 bits per heavy atom. The molecular weight excluding hydrogens is 424 g/mol. The maximum atomic E-state index is 13.7. The van der Waals surface area contributed by atoms with Gasteiger partial charge in [0.15, 0.2) is 0 Å². The Morgan fingerprint density at radius 2 is 2.10 bits per heavy atom. The molecule has 2 aromatic carbocycles. The first-order valence-corrected chi connectivity index (χ1v) is 10.2. The third-order valence-corrected chi connectivity index (χ3v) is 5.75. The van der Waals surface area contributed by atoms with Gasteiger partial charge in [0, 0.05) is 23.4 Å². The average molecular weight is 441 g/mol. The Kier molecular flexibility index (Phi) is 5.51. The summed E-state index contributed by atoms with van der Waals surface area (Å²) in [5, 5.41) is 12.8. The van der Waals surface area contributed by atoms with Gasteiger partial charge in [-0.1, -0.05) is 36.5 Å². The number of nitrogens with zero attached hydrogens (tertiary/aromatic N) is 2. The van der Waals surface area contributed by atoms with Crippen LogP contribution in [0.1, 0.15) is 22.9 Å². The summed E-state index contributed by atoms with van der Waals surface area (Å²) in [6.45, 7) is 1.51. The molecule has 1 amide bonds. The highest BCUT2D eigenvalue weighted by atomic mass is 32.1. The summed E-state index contributed by atoms with van der Waals surface area (Å²) >= 11 is 0.782. The molecule has 6 nitrogen and oxygen atoms in total. The van der Waals surface area contributed by atoms with Crippen molar-refractivity contribution in [3.05, 3.63) is 73.7 Å². The van der Waals surface area contributed by atoms with Crippen LogP contribution in [0.25, 0.3) is 11.6 Å². The molecule has 0 radical (unpaired) electrons. The lowest BCUT2D eigenvalue weighted by Gasteiger charge is -2.07. The molecule has 4 rings (SSSR count). The van der Waals surface area contributed by atoms with Crippen LogP contribution >= 0.6 is 11.3 Å². The number of aromatic hydroxyl groups is 1. The molecule has 9 heteroatoms. The number of halogens is 2. The number of aromatic nitrogens is 1. The van der Waals surface area contributed by atoms with E-state index in [1.54, 1.807) is 12.3 Å². The first kappa shape index (κ1) is 20.7. The zero-order chi connectivity index (χ0) is 22.1. The number of anilines is 1. The van der Waals surface area contributed by atoms with Crippen molar-refractivity contribution in [2.75, 3.05) is 5.32 Å². The summed E-state index contributed by atoms with van der Waals surface area (Å²) in [5.74, 6) is -2.82. The van der Waals surface area contributed by atoms with Crippen LogP contribution in [0, 0.1) is 11.6 Å². The van der Waals surface area contributed by atoms with Gasteiger partial charge >= 0.3 is 4.87 Å². The third-order valence-electron chi connectivity index (χ3n) is 4.83. The lowest BCUT2D eigenvalue weighted by molar-refractivity contribution is -0.116. The molecule has 0 saturated heterocycles.